The fourth-order valence-corrected chi connectivity index (χ4v) is 19.1. The van der Waals surface area contributed by atoms with Crippen molar-refractivity contribution >= 4 is 123 Å². The van der Waals surface area contributed by atoms with Gasteiger partial charge >= 0.3 is 44.3 Å². The number of rotatable bonds is 32. The Bertz CT molecular complexity index is 4420. The molecule has 50 heteroatoms. The molecule has 4 fully saturated rings. The topological polar surface area (TPSA) is 490 Å². The zero-order valence-electron chi connectivity index (χ0n) is 52.4. The molecule has 98 heavy (non-hydrogen) atoms. The number of nitrogens with two attached hydrogens (primary N) is 1. The number of imidazole rings is 1. The lowest BCUT2D eigenvalue weighted by Crippen LogP contribution is -2.40. The molecule has 0 saturated carbocycles. The number of fused-ring (bicyclic) bond motifs is 1. The van der Waals surface area contributed by atoms with Crippen LogP contribution in [0.1, 0.15) is 74.7 Å². The first-order valence-electron chi connectivity index (χ1n) is 29.2. The maximum absolute atomic E-state index is 14.7. The quantitative estimate of drug-likeness (QED) is 0.0167. The van der Waals surface area contributed by atoms with Crippen molar-refractivity contribution < 1.29 is 97.0 Å². The van der Waals surface area contributed by atoms with E-state index in [0.29, 0.717) is 0 Å². The number of thiol groups is 5. The summed E-state index contributed by atoms with van der Waals surface area (Å²) in [7, 11) is 2.34. The maximum Gasteiger partial charge on any atom is 0.386 e. The molecule has 9 rings (SSSR count). The average molecular weight is 1600 g/mol. The standard InChI is InChI=1S/C48H70N11O28P5S6/c1-21(2)83-92(97,98)78-17-28-26(12-32(80-28)59-20-50-33-38(59)51-45(49)52-42(33)64)85-89(69,94)75-16-27-25(11-31(79-27)56-13-22(3)39(61)53-46(56)65)84-90(70,95)76-18-29-35(37(73-7)44(81-29)58-15-24(5)41(63)55-48(58)67)87-91(71,96)77-19-30-34(86-88(68,93)74-10-8-9-60)36(72-6)43(82-30)57-14-23(4)40(62)54-47(57)66/h13-15,20-21,25-32,34-37,43-44,60H,8-12,16-19H2,1-7H3,(H,68,93)(H,69,94)(H,70,95)(H,71,96)(H,97,98)(H,53,61,65)(H,54,62,66)(H,55,63,67)(H3,49,51,52,64)/t25?,26?,27-,28-,29-,30-,31-,32-,34?,35?,36?,37?,43-,44-,88?,89?,90?,91?/m1/s1. The number of hydrogen-bond acceptors (Lipinski definition) is 32. The van der Waals surface area contributed by atoms with E-state index in [4.69, 9.17) is 91.2 Å². The van der Waals surface area contributed by atoms with E-state index in [9.17, 15) is 56.9 Å². The number of hydrogen-bond donors (Lipinski definition) is 11. The van der Waals surface area contributed by atoms with Crippen LogP contribution in [-0.4, -0.2) is 174 Å². The van der Waals surface area contributed by atoms with Gasteiger partial charge < -0.3 is 52.8 Å². The highest BCUT2D eigenvalue weighted by Gasteiger charge is 2.54. The molecule has 19 atom stereocenters. The van der Waals surface area contributed by atoms with Crippen LogP contribution in [0.15, 0.2) is 58.5 Å². The van der Waals surface area contributed by atoms with Gasteiger partial charge in [0.15, 0.2) is 23.6 Å². The molecule has 0 spiro atoms. The van der Waals surface area contributed by atoms with Crippen LogP contribution in [-0.2, 0) is 104 Å². The number of aromatic amines is 4. The maximum atomic E-state index is 14.7. The highest BCUT2D eigenvalue weighted by molar-refractivity contribution is 8.60. The largest absolute Gasteiger partial charge is 0.396 e. The summed E-state index contributed by atoms with van der Waals surface area (Å²) in [6.07, 6.45) is -16.2. The Labute approximate surface area is 584 Å². The van der Waals surface area contributed by atoms with Crippen molar-refractivity contribution in [2.75, 3.05) is 59.6 Å². The van der Waals surface area contributed by atoms with Gasteiger partial charge in [-0.25, -0.2) is 37.6 Å². The molecule has 9 heterocycles. The van der Waals surface area contributed by atoms with Gasteiger partial charge in [-0.2, -0.15) is 4.98 Å². The second kappa shape index (κ2) is 32.5. The van der Waals surface area contributed by atoms with E-state index in [-0.39, 0.29) is 72.9 Å². The van der Waals surface area contributed by atoms with E-state index in [0.717, 1.165) is 33.2 Å². The van der Waals surface area contributed by atoms with Crippen molar-refractivity contribution in [1.29, 1.82) is 0 Å². The van der Waals surface area contributed by atoms with Gasteiger partial charge in [0.2, 0.25) is 11.6 Å². The van der Waals surface area contributed by atoms with Gasteiger partial charge in [-0.3, -0.25) is 89.0 Å². The van der Waals surface area contributed by atoms with Gasteiger partial charge in [-0.05, 0) is 52.8 Å². The fraction of sp³-hybridized carbons (Fsp3) is 0.646. The molecule has 7 N–H and O–H groups in total. The van der Waals surface area contributed by atoms with Crippen molar-refractivity contribution in [3.8, 4) is 0 Å². The van der Waals surface area contributed by atoms with Crippen molar-refractivity contribution in [2.24, 2.45) is 0 Å². The van der Waals surface area contributed by atoms with E-state index in [1.54, 1.807) is 13.8 Å². The molecule has 4 aliphatic rings. The van der Waals surface area contributed by atoms with Gasteiger partial charge in [0.1, 0.15) is 73.5 Å². The number of aliphatic hydroxyl groups excluding tert-OH is 1. The van der Waals surface area contributed by atoms with Crippen molar-refractivity contribution in [1.82, 2.24) is 48.2 Å². The van der Waals surface area contributed by atoms with Crippen LogP contribution in [0.5, 0.6) is 0 Å². The van der Waals surface area contributed by atoms with Gasteiger partial charge in [0, 0.05) is 68.9 Å². The molecule has 0 amide bonds. The van der Waals surface area contributed by atoms with E-state index in [2.05, 4.69) is 91.1 Å². The minimum Gasteiger partial charge on any atom is -0.396 e. The van der Waals surface area contributed by atoms with Crippen LogP contribution < -0.4 is 45.0 Å². The zero-order chi connectivity index (χ0) is 71.7. The predicted octanol–water partition coefficient (Wildman–Crippen LogP) is 3.41. The summed E-state index contributed by atoms with van der Waals surface area (Å²) in [4.78, 5) is 107. The Balaban J connectivity index is 0.953. The van der Waals surface area contributed by atoms with Gasteiger partial charge in [-0.15, -0.1) is 0 Å². The van der Waals surface area contributed by atoms with Gasteiger partial charge in [0.05, 0.1) is 45.5 Å². The molecule has 11 unspecified atom stereocenters. The third kappa shape index (κ3) is 19.4. The van der Waals surface area contributed by atoms with Crippen LogP contribution in [0, 0.1) is 20.8 Å². The molecule has 39 nitrogen and oxygen atoms in total. The second-order valence-electron chi connectivity index (χ2n) is 22.5. The lowest BCUT2D eigenvalue weighted by molar-refractivity contribution is -0.0625. The van der Waals surface area contributed by atoms with Crippen LogP contribution >= 0.6 is 94.1 Å². The van der Waals surface area contributed by atoms with Crippen LogP contribution in [0.4, 0.5) is 5.95 Å². The Morgan fingerprint density at radius 3 is 1.44 bits per heavy atom. The van der Waals surface area contributed by atoms with Crippen molar-refractivity contribution in [3.05, 3.63) is 114 Å². The third-order valence-corrected chi connectivity index (χ3v) is 24.0. The minimum absolute atomic E-state index is 0.0160. The SMILES string of the molecule is COC1C(OP(=O)(S)OC[C@H]2O[C@@H](n3cc(C)c(=O)[nH]c3=O)C(OC)C2OP(=O)(S)OCCCO)[C@@H](COP(=O)(S)OC2C[C@H](n3cc(C)c(=O)[nH]c3=O)O[C@@H]2COP(=O)(S)OC2C[C@H](n3cnc4c(=O)[nH]c(N)nc43)O[C@@H]2COP(=S)(S)OC(C)C)O[C@H]1n1cc(C)c(=O)[nH]c1=O. The highest BCUT2D eigenvalue weighted by atomic mass is 32.9. The number of nitrogens with one attached hydrogen (secondary N) is 4. The number of anilines is 1. The zero-order valence-corrected chi connectivity index (χ0v) is 62.2. The minimum atomic E-state index is -4.88. The number of ether oxygens (including phenoxy) is 6. The Morgan fingerprint density at radius 2 is 0.990 bits per heavy atom. The first-order chi connectivity index (χ1) is 45.9. The molecule has 0 aromatic carbocycles. The highest BCUT2D eigenvalue weighted by Crippen LogP contribution is 2.62. The molecule has 0 bridgehead atoms. The first-order valence-corrected chi connectivity index (χ1v) is 43.7. The predicted molar refractivity (Wildman–Crippen MR) is 364 cm³/mol. The molecule has 0 radical (unpaired) electrons. The first kappa shape index (κ1) is 79.0. The summed E-state index contributed by atoms with van der Waals surface area (Å²) in [5.41, 5.74) is -3.02. The lowest BCUT2D eigenvalue weighted by atomic mass is 10.1. The van der Waals surface area contributed by atoms with Crippen LogP contribution in [0.3, 0.4) is 0 Å². The Kier molecular flexibility index (Phi) is 26.2. The average Bonchev–Trinajstić information content (AvgIpc) is 1.63. The smallest absolute Gasteiger partial charge is 0.386 e. The summed E-state index contributed by atoms with van der Waals surface area (Å²) < 4.78 is 156. The lowest BCUT2D eigenvalue weighted by Gasteiger charge is -2.28. The number of aromatic nitrogens is 10. The summed E-state index contributed by atoms with van der Waals surface area (Å²) >= 11 is 26.8. The number of aliphatic hydroxyl groups is 1. The van der Waals surface area contributed by atoms with Crippen molar-refractivity contribution in [2.45, 2.75) is 146 Å². The molecule has 4 aliphatic heterocycles. The molecule has 5 aromatic heterocycles. The van der Waals surface area contributed by atoms with Crippen LogP contribution in [0.25, 0.3) is 11.2 Å². The van der Waals surface area contributed by atoms with Crippen LogP contribution in [0.2, 0.25) is 0 Å². The summed E-state index contributed by atoms with van der Waals surface area (Å²) in [5.74, 6) is -0.226. The molecule has 546 valence electrons. The second-order valence-corrected chi connectivity index (χ2v) is 39.2. The Morgan fingerprint density at radius 1 is 0.582 bits per heavy atom. The molecule has 4 saturated heterocycles. The number of methoxy groups -OCH3 is 2. The molecule has 0 aliphatic carbocycles. The Hall–Kier alpha value is -3.17. The van der Waals surface area contributed by atoms with Gasteiger partial charge in [-0.1, -0.05) is 61.2 Å². The molecular weight excluding hydrogens is 1530 g/mol. The summed E-state index contributed by atoms with van der Waals surface area (Å²) in [5, 5.41) is 9.32. The van der Waals surface area contributed by atoms with E-state index in [1.807, 2.05) is 0 Å². The number of nitrogen functional groups attached to an aromatic ring is 1. The van der Waals surface area contributed by atoms with E-state index >= 15 is 0 Å². The normalized spacial score (nSPS) is 29.0. The van der Waals surface area contributed by atoms with Crippen molar-refractivity contribution in [3.63, 3.8) is 0 Å². The summed E-state index contributed by atoms with van der Waals surface area (Å²) in [6, 6.07) is 0. The summed E-state index contributed by atoms with van der Waals surface area (Å²) in [6.45, 7) is -14.6. The van der Waals surface area contributed by atoms with E-state index in [1.165, 1.54) is 45.0 Å². The van der Waals surface area contributed by atoms with E-state index < -0.39 is 184 Å². The molecular formula is C48H70N11O28P5S6. The third-order valence-electron chi connectivity index (χ3n) is 15.1. The number of nitrogens with zero attached hydrogens (tertiary/aromatic N) is 6. The van der Waals surface area contributed by atoms with Gasteiger partial charge in [0.25, 0.3) is 22.2 Å². The molecule has 5 aromatic rings. The monoisotopic (exact) mass is 1600 g/mol. The fourth-order valence-electron chi connectivity index (χ4n) is 10.6. The number of H-pyrrole nitrogens is 4. The number of aryl methyl sites for hydroxylation is 3.